The number of hydrogen-bond donors (Lipinski definition) is 0. The zero-order valence-corrected chi connectivity index (χ0v) is 13.1. The van der Waals surface area contributed by atoms with E-state index < -0.39 is 23.4 Å². The van der Waals surface area contributed by atoms with Crippen molar-refractivity contribution in [1.29, 1.82) is 0 Å². The molecule has 0 radical (unpaired) electrons. The van der Waals surface area contributed by atoms with Gasteiger partial charge in [0.05, 0.1) is 18.2 Å². The summed E-state index contributed by atoms with van der Waals surface area (Å²) in [4.78, 5) is 0.252. The van der Waals surface area contributed by atoms with E-state index >= 15 is 0 Å². The Bertz CT molecular complexity index is 533. The summed E-state index contributed by atoms with van der Waals surface area (Å²) in [6, 6.07) is 8.40. The zero-order valence-electron chi connectivity index (χ0n) is 11.3. The maximum Gasteiger partial charge on any atom is 0.297 e. The quantitative estimate of drug-likeness (QED) is 0.630. The first-order valence-corrected chi connectivity index (χ1v) is 11.1. The van der Waals surface area contributed by atoms with Gasteiger partial charge in [-0.05, 0) is 24.5 Å². The number of hydrogen-bond acceptors (Lipinski definition) is 3. The van der Waals surface area contributed by atoms with E-state index in [1.807, 2.05) is 0 Å². The van der Waals surface area contributed by atoms with Gasteiger partial charge in [-0.1, -0.05) is 44.8 Å². The van der Waals surface area contributed by atoms with Crippen molar-refractivity contribution in [2.75, 3.05) is 0 Å². The van der Waals surface area contributed by atoms with Crippen LogP contribution in [0.4, 0.5) is 0 Å². The van der Waals surface area contributed by atoms with Crippen LogP contribution in [0.3, 0.4) is 0 Å². The van der Waals surface area contributed by atoms with E-state index in [1.165, 1.54) is 0 Å². The molecular formula is C13H20O3SSi. The van der Waals surface area contributed by atoms with E-state index in [-0.39, 0.29) is 4.90 Å². The van der Waals surface area contributed by atoms with Crippen molar-refractivity contribution in [2.45, 2.75) is 43.1 Å². The Balaban J connectivity index is 2.30. The molecule has 0 spiro atoms. The fourth-order valence-corrected chi connectivity index (χ4v) is 7.45. The highest BCUT2D eigenvalue weighted by atomic mass is 32.2. The van der Waals surface area contributed by atoms with Gasteiger partial charge in [0.25, 0.3) is 10.1 Å². The van der Waals surface area contributed by atoms with Gasteiger partial charge in [-0.3, -0.25) is 4.18 Å². The van der Waals surface area contributed by atoms with Crippen molar-refractivity contribution >= 4 is 18.2 Å². The molecular weight excluding hydrogens is 264 g/mol. The molecule has 1 aliphatic carbocycles. The van der Waals surface area contributed by atoms with Crippen molar-refractivity contribution in [1.82, 2.24) is 0 Å². The van der Waals surface area contributed by atoms with Crippen LogP contribution in [-0.2, 0) is 14.3 Å². The van der Waals surface area contributed by atoms with Crippen LogP contribution < -0.4 is 0 Å². The molecule has 0 heterocycles. The molecule has 2 atom stereocenters. The Morgan fingerprint density at radius 2 is 1.72 bits per heavy atom. The standard InChI is InChI=1S/C13H20O3SSi/c1-11-10-13(11,18(2,3)4)16-17(14,15)12-8-6-5-7-9-12/h5-9,11H,10H2,1-4H3. The minimum Gasteiger partial charge on any atom is -0.263 e. The average molecular weight is 284 g/mol. The Kier molecular flexibility index (Phi) is 3.20. The summed E-state index contributed by atoms with van der Waals surface area (Å²) < 4.78 is 30.2. The molecule has 0 aromatic heterocycles. The first-order valence-electron chi connectivity index (χ1n) is 6.20. The van der Waals surface area contributed by atoms with Crippen molar-refractivity contribution in [2.24, 2.45) is 5.92 Å². The van der Waals surface area contributed by atoms with Crippen LogP contribution >= 0.6 is 0 Å². The minimum atomic E-state index is -3.64. The highest BCUT2D eigenvalue weighted by molar-refractivity contribution is 7.86. The van der Waals surface area contributed by atoms with Crippen LogP contribution in [0, 0.1) is 5.92 Å². The first kappa shape index (κ1) is 13.8. The fourth-order valence-electron chi connectivity index (χ4n) is 2.51. The van der Waals surface area contributed by atoms with E-state index in [2.05, 4.69) is 26.6 Å². The molecule has 1 aliphatic rings. The lowest BCUT2D eigenvalue weighted by Gasteiger charge is -2.29. The van der Waals surface area contributed by atoms with Crippen LogP contribution in [0.1, 0.15) is 13.3 Å². The van der Waals surface area contributed by atoms with Crippen LogP contribution in [0.2, 0.25) is 19.6 Å². The topological polar surface area (TPSA) is 43.4 Å². The van der Waals surface area contributed by atoms with Crippen LogP contribution in [0.5, 0.6) is 0 Å². The van der Waals surface area contributed by atoms with Gasteiger partial charge < -0.3 is 0 Å². The van der Waals surface area contributed by atoms with E-state index in [1.54, 1.807) is 30.3 Å². The van der Waals surface area contributed by atoms with Crippen molar-refractivity contribution in [3.8, 4) is 0 Å². The van der Waals surface area contributed by atoms with Gasteiger partial charge >= 0.3 is 0 Å². The highest BCUT2D eigenvalue weighted by Gasteiger charge is 2.63. The van der Waals surface area contributed by atoms with E-state index in [9.17, 15) is 8.42 Å². The summed E-state index contributed by atoms with van der Waals surface area (Å²) in [5.74, 6) is 0.336. The first-order chi connectivity index (χ1) is 8.19. The molecule has 0 amide bonds. The summed E-state index contributed by atoms with van der Waals surface area (Å²) in [6.07, 6.45) is 0.856. The summed E-state index contributed by atoms with van der Waals surface area (Å²) in [5.41, 5.74) is 0. The normalized spacial score (nSPS) is 28.1. The molecule has 0 saturated heterocycles. The molecule has 1 aromatic carbocycles. The maximum atomic E-state index is 12.3. The van der Waals surface area contributed by atoms with Crippen LogP contribution in [0.25, 0.3) is 0 Å². The third-order valence-electron chi connectivity index (χ3n) is 3.81. The molecule has 18 heavy (non-hydrogen) atoms. The molecule has 1 saturated carbocycles. The molecule has 2 unspecified atom stereocenters. The Morgan fingerprint density at radius 3 is 2.11 bits per heavy atom. The van der Waals surface area contributed by atoms with Crippen LogP contribution in [0.15, 0.2) is 35.2 Å². The number of rotatable bonds is 4. The summed E-state index contributed by atoms with van der Waals surface area (Å²) in [7, 11) is -5.32. The second-order valence-electron chi connectivity index (χ2n) is 6.10. The summed E-state index contributed by atoms with van der Waals surface area (Å²) in [5, 5.41) is -0.415. The van der Waals surface area contributed by atoms with Gasteiger partial charge in [0.15, 0.2) is 0 Å². The second kappa shape index (κ2) is 4.18. The molecule has 0 N–H and O–H groups in total. The molecule has 1 aromatic rings. The molecule has 3 nitrogen and oxygen atoms in total. The van der Waals surface area contributed by atoms with Crippen LogP contribution in [-0.4, -0.2) is 21.7 Å². The fraction of sp³-hybridized carbons (Fsp3) is 0.538. The van der Waals surface area contributed by atoms with Crippen molar-refractivity contribution in [3.05, 3.63) is 30.3 Å². The van der Waals surface area contributed by atoms with Gasteiger partial charge in [-0.25, -0.2) is 0 Å². The minimum absolute atomic E-state index is 0.252. The zero-order chi connectivity index (χ0) is 13.6. The molecule has 1 fully saturated rings. The predicted octanol–water partition coefficient (Wildman–Crippen LogP) is 3.05. The number of benzene rings is 1. The molecule has 0 bridgehead atoms. The molecule has 100 valence electrons. The predicted molar refractivity (Wildman–Crippen MR) is 74.6 cm³/mol. The van der Waals surface area contributed by atoms with Gasteiger partial charge in [-0.2, -0.15) is 8.42 Å². The molecule has 2 rings (SSSR count). The average Bonchev–Trinajstić information content (AvgIpc) is 2.90. The van der Waals surface area contributed by atoms with E-state index in [4.69, 9.17) is 4.18 Å². The molecule has 0 aliphatic heterocycles. The lowest BCUT2D eigenvalue weighted by Crippen LogP contribution is -2.45. The highest BCUT2D eigenvalue weighted by Crippen LogP contribution is 2.54. The Labute approximate surface area is 110 Å². The third kappa shape index (κ3) is 2.26. The van der Waals surface area contributed by atoms with Crippen molar-refractivity contribution in [3.63, 3.8) is 0 Å². The van der Waals surface area contributed by atoms with Crippen molar-refractivity contribution < 1.29 is 12.6 Å². The van der Waals surface area contributed by atoms with Gasteiger partial charge in [0, 0.05) is 0 Å². The summed E-state index contributed by atoms with van der Waals surface area (Å²) >= 11 is 0. The maximum absolute atomic E-state index is 12.3. The van der Waals surface area contributed by atoms with E-state index in [0.717, 1.165) is 6.42 Å². The molecule has 5 heteroatoms. The second-order valence-corrected chi connectivity index (χ2v) is 13.0. The lowest BCUT2D eigenvalue weighted by molar-refractivity contribution is 0.242. The SMILES string of the molecule is CC1CC1(OS(=O)(=O)c1ccccc1)[Si](C)(C)C. The smallest absolute Gasteiger partial charge is 0.263 e. The Morgan fingerprint density at radius 1 is 1.22 bits per heavy atom. The van der Waals surface area contributed by atoms with Gasteiger partial charge in [0.1, 0.15) is 0 Å². The Hall–Kier alpha value is -0.653. The monoisotopic (exact) mass is 284 g/mol. The van der Waals surface area contributed by atoms with E-state index in [0.29, 0.717) is 5.92 Å². The van der Waals surface area contributed by atoms with Gasteiger partial charge in [-0.15, -0.1) is 0 Å². The largest absolute Gasteiger partial charge is 0.297 e. The lowest BCUT2D eigenvalue weighted by atomic mass is 10.4. The third-order valence-corrected chi connectivity index (χ3v) is 8.66. The van der Waals surface area contributed by atoms with Gasteiger partial charge in [0.2, 0.25) is 0 Å². The summed E-state index contributed by atoms with van der Waals surface area (Å²) in [6.45, 7) is 8.56.